The van der Waals surface area contributed by atoms with Gasteiger partial charge >= 0.3 is 5.97 Å². The summed E-state index contributed by atoms with van der Waals surface area (Å²) in [5.41, 5.74) is 0.908. The summed E-state index contributed by atoms with van der Waals surface area (Å²) in [7, 11) is 1.94. The molecular weight excluding hydrogens is 547 g/mol. The number of hydrogen-bond acceptors (Lipinski definition) is 5. The van der Waals surface area contributed by atoms with Crippen molar-refractivity contribution < 1.29 is 32.5 Å². The van der Waals surface area contributed by atoms with Gasteiger partial charge in [-0.15, -0.1) is 0 Å². The molecule has 42 heavy (non-hydrogen) atoms. The van der Waals surface area contributed by atoms with Gasteiger partial charge in [-0.05, 0) is 71.7 Å². The second-order valence-corrected chi connectivity index (χ2v) is 11.9. The number of nitrogens with one attached hydrogen (secondary N) is 1. The van der Waals surface area contributed by atoms with E-state index in [4.69, 9.17) is 14.6 Å². The lowest BCUT2D eigenvalue weighted by Gasteiger charge is -2.43. The van der Waals surface area contributed by atoms with Crippen LogP contribution in [0.25, 0.3) is 10.9 Å². The number of aromatic nitrogens is 1. The highest BCUT2D eigenvalue weighted by molar-refractivity contribution is 5.85. The van der Waals surface area contributed by atoms with Gasteiger partial charge in [0.05, 0.1) is 6.04 Å². The minimum Gasteiger partial charge on any atom is -0.492 e. The summed E-state index contributed by atoms with van der Waals surface area (Å²) in [5, 5.41) is 9.59. The van der Waals surface area contributed by atoms with E-state index < -0.39 is 29.3 Å². The van der Waals surface area contributed by atoms with Crippen molar-refractivity contribution in [2.24, 2.45) is 0 Å². The number of unbranched alkanes of at least 4 members (excludes halogenated alkanes) is 2. The molecule has 0 radical (unpaired) electrons. The Hall–Kier alpha value is -3.08. The van der Waals surface area contributed by atoms with Crippen LogP contribution in [0.4, 0.5) is 13.2 Å². The molecule has 2 atom stereocenters. The van der Waals surface area contributed by atoms with Gasteiger partial charge in [-0.1, -0.05) is 18.2 Å². The lowest BCUT2D eigenvalue weighted by molar-refractivity contribution is -0.142. The van der Waals surface area contributed by atoms with E-state index in [1.165, 1.54) is 26.0 Å². The molecule has 2 heterocycles. The molecule has 10 heteroatoms. The Balaban J connectivity index is 1.44. The number of hydrogen-bond donors (Lipinski definition) is 2. The molecule has 1 aliphatic heterocycles. The Kier molecular flexibility index (Phi) is 10.6. The number of ether oxygens (including phenoxy) is 2. The molecule has 0 unspecified atom stereocenters. The second kappa shape index (κ2) is 13.9. The van der Waals surface area contributed by atoms with Crippen molar-refractivity contribution in [2.45, 2.75) is 64.2 Å². The van der Waals surface area contributed by atoms with E-state index in [1.807, 2.05) is 43.1 Å². The molecule has 230 valence electrons. The first kappa shape index (κ1) is 31.8. The maximum Gasteiger partial charge on any atom is 0.329 e. The van der Waals surface area contributed by atoms with Gasteiger partial charge in [0.25, 0.3) is 0 Å². The first-order chi connectivity index (χ1) is 19.9. The highest BCUT2D eigenvalue weighted by Crippen LogP contribution is 2.43. The number of rotatable bonds is 15. The number of aliphatic carboxylic acids is 1. The predicted octanol–water partition coefficient (Wildman–Crippen LogP) is 6.11. The molecular formula is C32H42F3N3O4. The fraction of sp³-hybridized carbons (Fsp3) is 0.531. The molecule has 0 amide bonds. The summed E-state index contributed by atoms with van der Waals surface area (Å²) in [6.45, 7) is 6.71. The molecule has 1 aliphatic rings. The van der Waals surface area contributed by atoms with Crippen LogP contribution in [0.1, 0.15) is 62.9 Å². The van der Waals surface area contributed by atoms with Crippen LogP contribution in [0.3, 0.4) is 0 Å². The maximum absolute atomic E-state index is 15.8. The second-order valence-electron chi connectivity index (χ2n) is 11.9. The Bertz CT molecular complexity index is 1330. The van der Waals surface area contributed by atoms with E-state index in [0.717, 1.165) is 42.3 Å². The van der Waals surface area contributed by atoms with Crippen molar-refractivity contribution in [1.29, 1.82) is 0 Å². The third-order valence-corrected chi connectivity index (χ3v) is 7.70. The number of fused-ring (bicyclic) bond motifs is 3. The summed E-state index contributed by atoms with van der Waals surface area (Å²) >= 11 is 0. The maximum atomic E-state index is 15.8. The van der Waals surface area contributed by atoms with Crippen LogP contribution < -0.4 is 4.74 Å². The Labute approximate surface area is 245 Å². The van der Waals surface area contributed by atoms with Gasteiger partial charge < -0.3 is 24.5 Å². The van der Waals surface area contributed by atoms with Crippen molar-refractivity contribution in [3.05, 3.63) is 64.9 Å². The van der Waals surface area contributed by atoms with E-state index in [-0.39, 0.29) is 37.1 Å². The number of likely N-dealkylation sites (N-methyl/N-ethyl adjacent to an activating group) is 1. The average Bonchev–Trinajstić information content (AvgIpc) is 3.26. The number of alkyl halides is 1. The van der Waals surface area contributed by atoms with E-state index in [0.29, 0.717) is 25.3 Å². The number of nitrogens with zero attached hydrogens (tertiary/aromatic N) is 2. The largest absolute Gasteiger partial charge is 0.492 e. The monoisotopic (exact) mass is 589 g/mol. The van der Waals surface area contributed by atoms with E-state index >= 15 is 8.78 Å². The van der Waals surface area contributed by atoms with Crippen LogP contribution in [0.15, 0.2) is 36.4 Å². The van der Waals surface area contributed by atoms with Crippen LogP contribution in [0.5, 0.6) is 5.75 Å². The van der Waals surface area contributed by atoms with E-state index in [9.17, 15) is 9.18 Å². The first-order valence-corrected chi connectivity index (χ1v) is 14.6. The van der Waals surface area contributed by atoms with Crippen molar-refractivity contribution >= 4 is 16.9 Å². The Morgan fingerprint density at radius 1 is 1.12 bits per heavy atom. The zero-order valence-corrected chi connectivity index (χ0v) is 24.9. The molecule has 0 saturated carbocycles. The molecule has 0 bridgehead atoms. The topological polar surface area (TPSA) is 78.0 Å². The normalized spacial score (nSPS) is 17.6. The molecule has 2 N–H and O–H groups in total. The summed E-state index contributed by atoms with van der Waals surface area (Å²) in [5.74, 6) is -2.32. The smallest absolute Gasteiger partial charge is 0.329 e. The number of halogens is 3. The van der Waals surface area contributed by atoms with Crippen LogP contribution >= 0.6 is 0 Å². The highest BCUT2D eigenvalue weighted by Gasteiger charge is 2.41. The highest BCUT2D eigenvalue weighted by atomic mass is 19.1. The molecule has 7 nitrogen and oxygen atoms in total. The van der Waals surface area contributed by atoms with Gasteiger partial charge in [0.1, 0.15) is 36.3 Å². The average molecular weight is 590 g/mol. The molecule has 4 rings (SSSR count). The minimum absolute atomic E-state index is 0.0203. The van der Waals surface area contributed by atoms with Crippen LogP contribution in [-0.2, 0) is 16.0 Å². The van der Waals surface area contributed by atoms with E-state index in [1.54, 1.807) is 0 Å². The number of carbonyl (C=O) groups is 1. The molecule has 0 aliphatic carbocycles. The van der Waals surface area contributed by atoms with Crippen LogP contribution in [0, 0.1) is 11.6 Å². The van der Waals surface area contributed by atoms with Gasteiger partial charge in [-0.3, -0.25) is 4.90 Å². The van der Waals surface area contributed by atoms with Crippen molar-refractivity contribution in [2.75, 3.05) is 46.5 Å². The summed E-state index contributed by atoms with van der Waals surface area (Å²) in [6, 6.07) is 9.27. The van der Waals surface area contributed by atoms with Crippen LogP contribution in [0.2, 0.25) is 0 Å². The lowest BCUT2D eigenvalue weighted by atomic mass is 9.87. The van der Waals surface area contributed by atoms with Gasteiger partial charge in [-0.25, -0.2) is 18.0 Å². The minimum atomic E-state index is -1.56. The fourth-order valence-electron chi connectivity index (χ4n) is 5.76. The first-order valence-electron chi connectivity index (χ1n) is 14.6. The summed E-state index contributed by atoms with van der Waals surface area (Å²) in [4.78, 5) is 17.8. The van der Waals surface area contributed by atoms with Crippen molar-refractivity contribution in [3.63, 3.8) is 0 Å². The SMILES string of the molecule is C[C@@H]1Cc2c([nH]c3ccccc23)[C@@H](c2c(F)cc(OCCN(C)CCCCCOCC(=O)O)cc2F)N1CC(C)(C)F. The quantitative estimate of drug-likeness (QED) is 0.208. The van der Waals surface area contributed by atoms with Crippen molar-refractivity contribution in [1.82, 2.24) is 14.8 Å². The van der Waals surface area contributed by atoms with Crippen LogP contribution in [-0.4, -0.2) is 84.1 Å². The van der Waals surface area contributed by atoms with Gasteiger partial charge in [-0.2, -0.15) is 0 Å². The number of H-pyrrole nitrogens is 1. The lowest BCUT2D eigenvalue weighted by Crippen LogP contribution is -2.48. The fourth-order valence-corrected chi connectivity index (χ4v) is 5.76. The van der Waals surface area contributed by atoms with Gasteiger partial charge in [0.15, 0.2) is 0 Å². The van der Waals surface area contributed by atoms with Gasteiger partial charge in [0.2, 0.25) is 0 Å². The molecule has 0 saturated heterocycles. The summed E-state index contributed by atoms with van der Waals surface area (Å²) < 4.78 is 57.3. The molecule has 1 aromatic heterocycles. The molecule has 2 aromatic carbocycles. The standard InChI is InChI=1S/C32H42F3N3O4/c1-21-16-24-23-10-6-7-11-27(23)36-30(24)31(38(21)20-32(2,3)35)29-25(33)17-22(18-26(29)34)42-15-13-37(4)12-8-5-9-14-41-19-28(39)40/h6-7,10-11,17-18,21,31,36H,5,8-9,12-16,19-20H2,1-4H3,(H,39,40)/t21-,31-/m1/s1. The third kappa shape index (κ3) is 8.05. The zero-order valence-electron chi connectivity index (χ0n) is 24.9. The number of aromatic amines is 1. The Morgan fingerprint density at radius 2 is 1.83 bits per heavy atom. The predicted molar refractivity (Wildman–Crippen MR) is 157 cm³/mol. The summed E-state index contributed by atoms with van der Waals surface area (Å²) in [6.07, 6.45) is 3.23. The number of para-hydroxylation sites is 1. The third-order valence-electron chi connectivity index (χ3n) is 7.70. The molecule has 0 fully saturated rings. The van der Waals surface area contributed by atoms with Gasteiger partial charge in [0, 0.05) is 60.0 Å². The molecule has 0 spiro atoms. The number of carboxylic acids is 1. The number of benzene rings is 2. The Morgan fingerprint density at radius 3 is 2.52 bits per heavy atom. The zero-order chi connectivity index (χ0) is 30.4. The van der Waals surface area contributed by atoms with E-state index in [2.05, 4.69) is 9.88 Å². The number of carboxylic acid groups (broad SMARTS) is 1. The van der Waals surface area contributed by atoms with Crippen molar-refractivity contribution in [3.8, 4) is 5.75 Å². The molecule has 3 aromatic rings.